The highest BCUT2D eigenvalue weighted by molar-refractivity contribution is 4.94. The molecule has 118 valence electrons. The van der Waals surface area contributed by atoms with Gasteiger partial charge in [0.1, 0.15) is 0 Å². The van der Waals surface area contributed by atoms with Gasteiger partial charge in [-0.15, -0.1) is 0 Å². The second kappa shape index (κ2) is 6.79. The van der Waals surface area contributed by atoms with Gasteiger partial charge in [-0.25, -0.2) is 0 Å². The Balaban J connectivity index is 1.85. The van der Waals surface area contributed by atoms with Crippen LogP contribution in [0.4, 0.5) is 0 Å². The average molecular weight is 280 g/mol. The molecule has 2 N–H and O–H groups in total. The van der Waals surface area contributed by atoms with E-state index in [1.54, 1.807) is 0 Å². The van der Waals surface area contributed by atoms with Gasteiger partial charge >= 0.3 is 0 Å². The zero-order valence-electron chi connectivity index (χ0n) is 14.2. The molecule has 3 unspecified atom stereocenters. The molecule has 0 aromatic rings. The van der Waals surface area contributed by atoms with E-state index in [0.717, 1.165) is 11.8 Å². The molecule has 2 nitrogen and oxygen atoms in total. The van der Waals surface area contributed by atoms with Crippen LogP contribution in [-0.4, -0.2) is 31.1 Å². The van der Waals surface area contributed by atoms with Crippen molar-refractivity contribution in [1.29, 1.82) is 0 Å². The van der Waals surface area contributed by atoms with Crippen molar-refractivity contribution in [1.82, 2.24) is 4.90 Å². The summed E-state index contributed by atoms with van der Waals surface area (Å²) in [5, 5.41) is 0. The molecule has 20 heavy (non-hydrogen) atoms. The molecule has 0 radical (unpaired) electrons. The Morgan fingerprint density at radius 2 is 1.65 bits per heavy atom. The molecular weight excluding hydrogens is 244 g/mol. The minimum atomic E-state index is 0.387. The van der Waals surface area contributed by atoms with E-state index in [4.69, 9.17) is 5.73 Å². The van der Waals surface area contributed by atoms with Gasteiger partial charge in [0.2, 0.25) is 0 Å². The van der Waals surface area contributed by atoms with Crippen LogP contribution in [0.5, 0.6) is 0 Å². The van der Waals surface area contributed by atoms with E-state index in [1.165, 1.54) is 58.0 Å². The van der Waals surface area contributed by atoms with Crippen LogP contribution in [0.3, 0.4) is 0 Å². The van der Waals surface area contributed by atoms with E-state index in [0.29, 0.717) is 17.4 Å². The van der Waals surface area contributed by atoms with Crippen LogP contribution in [0.25, 0.3) is 0 Å². The van der Waals surface area contributed by atoms with Gasteiger partial charge in [-0.2, -0.15) is 0 Å². The average Bonchev–Trinajstić information content (AvgIpc) is 2.41. The van der Waals surface area contributed by atoms with Gasteiger partial charge in [0.25, 0.3) is 0 Å². The molecule has 2 saturated carbocycles. The third-order valence-corrected chi connectivity index (χ3v) is 6.54. The first-order valence-electron chi connectivity index (χ1n) is 8.85. The van der Waals surface area contributed by atoms with Crippen molar-refractivity contribution in [2.45, 2.75) is 71.8 Å². The Bertz CT molecular complexity index is 294. The van der Waals surface area contributed by atoms with Crippen LogP contribution in [0.2, 0.25) is 0 Å². The monoisotopic (exact) mass is 280 g/mol. The largest absolute Gasteiger partial charge is 0.327 e. The Morgan fingerprint density at radius 3 is 2.30 bits per heavy atom. The minimum absolute atomic E-state index is 0.387. The van der Waals surface area contributed by atoms with E-state index in [2.05, 4.69) is 32.7 Å². The fraction of sp³-hybridized carbons (Fsp3) is 1.00. The molecule has 3 atom stereocenters. The first-order chi connectivity index (χ1) is 9.41. The normalized spacial score (nSPS) is 35.4. The van der Waals surface area contributed by atoms with Gasteiger partial charge in [-0.1, -0.05) is 40.0 Å². The van der Waals surface area contributed by atoms with Crippen LogP contribution in [0, 0.1) is 23.2 Å². The van der Waals surface area contributed by atoms with Crippen molar-refractivity contribution in [3.05, 3.63) is 0 Å². The first-order valence-corrected chi connectivity index (χ1v) is 8.85. The van der Waals surface area contributed by atoms with Crippen molar-refractivity contribution in [3.8, 4) is 0 Å². The summed E-state index contributed by atoms with van der Waals surface area (Å²) in [6.45, 7) is 9.82. The topological polar surface area (TPSA) is 29.3 Å². The Labute approximate surface area is 126 Å². The summed E-state index contributed by atoms with van der Waals surface area (Å²) in [7, 11) is 2.34. The first kappa shape index (κ1) is 16.3. The van der Waals surface area contributed by atoms with Gasteiger partial charge in [0.05, 0.1) is 0 Å². The molecule has 0 spiro atoms. The second-order valence-electron chi connectivity index (χ2n) is 8.27. The molecule has 0 amide bonds. The number of hydrogen-bond donors (Lipinski definition) is 1. The van der Waals surface area contributed by atoms with Gasteiger partial charge in [-0.3, -0.25) is 0 Å². The van der Waals surface area contributed by atoms with Gasteiger partial charge < -0.3 is 10.6 Å². The second-order valence-corrected chi connectivity index (χ2v) is 8.27. The molecule has 2 aliphatic carbocycles. The SMILES string of the molecule is CC1C(N)CCC(CN(C)CC2CCCCC2)C1(C)C. The highest BCUT2D eigenvalue weighted by Gasteiger charge is 2.41. The van der Waals surface area contributed by atoms with Gasteiger partial charge in [0.15, 0.2) is 0 Å². The van der Waals surface area contributed by atoms with E-state index in [-0.39, 0.29) is 0 Å². The van der Waals surface area contributed by atoms with Crippen LogP contribution in [0.1, 0.15) is 65.7 Å². The molecular formula is C18H36N2. The molecule has 0 heterocycles. The van der Waals surface area contributed by atoms with E-state index >= 15 is 0 Å². The minimum Gasteiger partial charge on any atom is -0.327 e. The van der Waals surface area contributed by atoms with Crippen molar-refractivity contribution < 1.29 is 0 Å². The van der Waals surface area contributed by atoms with Crippen molar-refractivity contribution in [2.24, 2.45) is 28.9 Å². The zero-order chi connectivity index (χ0) is 14.8. The fourth-order valence-electron chi connectivity index (χ4n) is 4.53. The molecule has 0 bridgehead atoms. The van der Waals surface area contributed by atoms with Crippen molar-refractivity contribution >= 4 is 0 Å². The van der Waals surface area contributed by atoms with E-state index in [9.17, 15) is 0 Å². The highest BCUT2D eigenvalue weighted by Crippen LogP contribution is 2.44. The molecule has 2 heteroatoms. The fourth-order valence-corrected chi connectivity index (χ4v) is 4.53. The number of nitrogens with zero attached hydrogens (tertiary/aromatic N) is 1. The summed E-state index contributed by atoms with van der Waals surface area (Å²) in [6.07, 6.45) is 9.82. The zero-order valence-corrected chi connectivity index (χ0v) is 14.2. The van der Waals surface area contributed by atoms with E-state index in [1.807, 2.05) is 0 Å². The summed E-state index contributed by atoms with van der Waals surface area (Å²) in [5.74, 6) is 2.41. The molecule has 2 aliphatic rings. The number of hydrogen-bond acceptors (Lipinski definition) is 2. The standard InChI is InChI=1S/C18H36N2/c1-14-17(19)11-10-16(18(14,2)3)13-20(4)12-15-8-6-5-7-9-15/h14-17H,5-13,19H2,1-4H3. The van der Waals surface area contributed by atoms with Crippen LogP contribution < -0.4 is 5.73 Å². The lowest BCUT2D eigenvalue weighted by atomic mass is 9.61. The predicted octanol–water partition coefficient (Wildman–Crippen LogP) is 3.90. The van der Waals surface area contributed by atoms with Crippen molar-refractivity contribution in [3.63, 3.8) is 0 Å². The lowest BCUT2D eigenvalue weighted by Crippen LogP contribution is -2.50. The molecule has 0 aromatic carbocycles. The smallest absolute Gasteiger partial charge is 0.00698 e. The molecule has 2 fully saturated rings. The van der Waals surface area contributed by atoms with Crippen LogP contribution >= 0.6 is 0 Å². The maximum Gasteiger partial charge on any atom is 0.00698 e. The lowest BCUT2D eigenvalue weighted by molar-refractivity contribution is 0.0300. The van der Waals surface area contributed by atoms with Crippen molar-refractivity contribution in [2.75, 3.05) is 20.1 Å². The maximum absolute atomic E-state index is 6.28. The summed E-state index contributed by atoms with van der Waals surface area (Å²) >= 11 is 0. The van der Waals surface area contributed by atoms with Crippen LogP contribution in [0.15, 0.2) is 0 Å². The quantitative estimate of drug-likeness (QED) is 0.846. The summed E-state index contributed by atoms with van der Waals surface area (Å²) in [5.41, 5.74) is 6.67. The number of rotatable bonds is 4. The molecule has 0 aliphatic heterocycles. The lowest BCUT2D eigenvalue weighted by Gasteiger charge is -2.48. The van der Waals surface area contributed by atoms with Crippen LogP contribution in [-0.2, 0) is 0 Å². The predicted molar refractivity (Wildman–Crippen MR) is 87.7 cm³/mol. The van der Waals surface area contributed by atoms with Gasteiger partial charge in [-0.05, 0) is 55.9 Å². The summed E-state index contributed by atoms with van der Waals surface area (Å²) in [4.78, 5) is 2.62. The Hall–Kier alpha value is -0.0800. The Morgan fingerprint density at radius 1 is 1.00 bits per heavy atom. The molecule has 0 saturated heterocycles. The highest BCUT2D eigenvalue weighted by atomic mass is 15.1. The third kappa shape index (κ3) is 3.76. The van der Waals surface area contributed by atoms with E-state index < -0.39 is 0 Å². The third-order valence-electron chi connectivity index (χ3n) is 6.54. The Kier molecular flexibility index (Phi) is 5.53. The number of nitrogens with two attached hydrogens (primary N) is 1. The summed E-state index contributed by atoms with van der Waals surface area (Å²) in [6, 6.07) is 0.407. The molecule has 0 aromatic heterocycles. The molecule has 2 rings (SSSR count). The summed E-state index contributed by atoms with van der Waals surface area (Å²) < 4.78 is 0. The maximum atomic E-state index is 6.28. The van der Waals surface area contributed by atoms with Gasteiger partial charge in [0, 0.05) is 19.1 Å².